The van der Waals surface area contributed by atoms with Crippen LogP contribution >= 0.6 is 15.9 Å². The second kappa shape index (κ2) is 6.15. The summed E-state index contributed by atoms with van der Waals surface area (Å²) < 4.78 is 13.7. The first-order valence-corrected chi connectivity index (χ1v) is 6.77. The number of aryl methyl sites for hydroxylation is 1. The number of nitrogens with one attached hydrogen (secondary N) is 1. The van der Waals surface area contributed by atoms with Crippen LogP contribution in [-0.4, -0.2) is 11.0 Å². The molecule has 0 heterocycles. The number of rotatable bonds is 3. The highest BCUT2D eigenvalue weighted by molar-refractivity contribution is 9.10. The van der Waals surface area contributed by atoms with Gasteiger partial charge < -0.3 is 10.4 Å². The topological polar surface area (TPSA) is 49.3 Å². The molecule has 0 atom stereocenters. The van der Waals surface area contributed by atoms with Crippen LogP contribution in [0.25, 0.3) is 0 Å². The van der Waals surface area contributed by atoms with Crippen molar-refractivity contribution in [1.29, 1.82) is 0 Å². The molecule has 0 saturated carbocycles. The Kier molecular flexibility index (Phi) is 4.52. The van der Waals surface area contributed by atoms with Crippen LogP contribution in [0, 0.1) is 12.7 Å². The first-order valence-electron chi connectivity index (χ1n) is 5.98. The number of hydrogen-bond acceptors (Lipinski definition) is 2. The number of anilines is 1. The largest absolute Gasteiger partial charge is 0.392 e. The molecule has 0 aliphatic heterocycles. The van der Waals surface area contributed by atoms with E-state index < -0.39 is 11.7 Å². The lowest BCUT2D eigenvalue weighted by molar-refractivity contribution is 0.102. The van der Waals surface area contributed by atoms with Gasteiger partial charge in [-0.25, -0.2) is 4.39 Å². The van der Waals surface area contributed by atoms with Crippen molar-refractivity contribution in [2.75, 3.05) is 5.32 Å². The lowest BCUT2D eigenvalue weighted by Gasteiger charge is -2.10. The Bertz CT molecular complexity index is 658. The molecule has 2 N–H and O–H groups in total. The van der Waals surface area contributed by atoms with Crippen molar-refractivity contribution in [2.45, 2.75) is 13.5 Å². The van der Waals surface area contributed by atoms with Crippen molar-refractivity contribution >= 4 is 27.5 Å². The maximum atomic E-state index is 13.4. The normalized spacial score (nSPS) is 10.4. The maximum absolute atomic E-state index is 13.4. The summed E-state index contributed by atoms with van der Waals surface area (Å²) in [7, 11) is 0. The Hall–Kier alpha value is -1.72. The quantitative estimate of drug-likeness (QED) is 0.898. The molecule has 0 aliphatic rings. The third-order valence-electron chi connectivity index (χ3n) is 2.91. The summed E-state index contributed by atoms with van der Waals surface area (Å²) in [6.07, 6.45) is 0. The number of benzene rings is 2. The molecule has 0 aliphatic carbocycles. The monoisotopic (exact) mass is 337 g/mol. The van der Waals surface area contributed by atoms with Crippen molar-refractivity contribution < 1.29 is 14.3 Å². The van der Waals surface area contributed by atoms with Crippen LogP contribution in [0.3, 0.4) is 0 Å². The molecule has 0 radical (unpaired) electrons. The van der Waals surface area contributed by atoms with Gasteiger partial charge in [0, 0.05) is 11.3 Å². The molecule has 5 heteroatoms. The van der Waals surface area contributed by atoms with Crippen LogP contribution in [-0.2, 0) is 6.61 Å². The van der Waals surface area contributed by atoms with E-state index in [-0.39, 0.29) is 12.2 Å². The lowest BCUT2D eigenvalue weighted by Crippen LogP contribution is -2.13. The molecule has 0 aromatic heterocycles. The number of carbonyl (C=O) groups is 1. The Morgan fingerprint density at radius 3 is 2.70 bits per heavy atom. The van der Waals surface area contributed by atoms with Crippen LogP contribution < -0.4 is 5.32 Å². The first kappa shape index (κ1) is 14.7. The summed E-state index contributed by atoms with van der Waals surface area (Å²) in [4.78, 5) is 12.1. The Morgan fingerprint density at radius 1 is 1.30 bits per heavy atom. The van der Waals surface area contributed by atoms with E-state index in [9.17, 15) is 9.18 Å². The van der Waals surface area contributed by atoms with Gasteiger partial charge in [0.05, 0.1) is 11.1 Å². The molecule has 0 bridgehead atoms. The maximum Gasteiger partial charge on any atom is 0.255 e. The van der Waals surface area contributed by atoms with Crippen LogP contribution in [0.15, 0.2) is 40.9 Å². The zero-order valence-corrected chi connectivity index (χ0v) is 12.4. The van der Waals surface area contributed by atoms with Crippen molar-refractivity contribution in [3.05, 3.63) is 63.4 Å². The van der Waals surface area contributed by atoms with Gasteiger partial charge in [-0.15, -0.1) is 0 Å². The number of aliphatic hydroxyl groups is 1. The highest BCUT2D eigenvalue weighted by atomic mass is 79.9. The fraction of sp³-hybridized carbons (Fsp3) is 0.133. The van der Waals surface area contributed by atoms with Gasteiger partial charge in [0.25, 0.3) is 5.91 Å². The second-order valence-electron chi connectivity index (χ2n) is 4.39. The van der Waals surface area contributed by atoms with Gasteiger partial charge in [-0.2, -0.15) is 0 Å². The third kappa shape index (κ3) is 3.23. The molecule has 20 heavy (non-hydrogen) atoms. The molecule has 2 aromatic carbocycles. The zero-order chi connectivity index (χ0) is 14.7. The average Bonchev–Trinajstić information content (AvgIpc) is 2.44. The zero-order valence-electron chi connectivity index (χ0n) is 10.8. The minimum Gasteiger partial charge on any atom is -0.392 e. The Labute approximate surface area is 124 Å². The molecule has 1 amide bonds. The number of halogens is 2. The second-order valence-corrected chi connectivity index (χ2v) is 5.24. The molecular weight excluding hydrogens is 325 g/mol. The molecule has 0 fully saturated rings. The molecule has 2 aromatic rings. The van der Waals surface area contributed by atoms with Gasteiger partial charge in [0.1, 0.15) is 5.82 Å². The van der Waals surface area contributed by atoms with E-state index in [0.717, 1.165) is 5.56 Å². The number of carbonyl (C=O) groups excluding carboxylic acids is 1. The predicted octanol–water partition coefficient (Wildman–Crippen LogP) is 3.64. The summed E-state index contributed by atoms with van der Waals surface area (Å²) in [6, 6.07) is 9.48. The van der Waals surface area contributed by atoms with Crippen molar-refractivity contribution in [1.82, 2.24) is 0 Å². The summed E-state index contributed by atoms with van der Waals surface area (Å²) in [5, 5.41) is 11.8. The van der Waals surface area contributed by atoms with E-state index in [0.29, 0.717) is 15.7 Å². The first-order chi connectivity index (χ1) is 9.51. The molecular formula is C15H13BrFNO2. The van der Waals surface area contributed by atoms with Crippen LogP contribution in [0.2, 0.25) is 0 Å². The summed E-state index contributed by atoms with van der Waals surface area (Å²) >= 11 is 3.04. The summed E-state index contributed by atoms with van der Waals surface area (Å²) in [5.41, 5.74) is 2.41. The highest BCUT2D eigenvalue weighted by Crippen LogP contribution is 2.20. The molecule has 0 spiro atoms. The van der Waals surface area contributed by atoms with E-state index in [4.69, 9.17) is 5.11 Å². The average molecular weight is 338 g/mol. The molecule has 2 rings (SSSR count). The minimum absolute atomic E-state index is 0.101. The summed E-state index contributed by atoms with van der Waals surface area (Å²) in [5.74, 6) is -0.881. The van der Waals surface area contributed by atoms with Crippen molar-refractivity contribution in [2.24, 2.45) is 0 Å². The van der Waals surface area contributed by atoms with Crippen molar-refractivity contribution in [3.8, 4) is 0 Å². The van der Waals surface area contributed by atoms with E-state index in [1.54, 1.807) is 12.1 Å². The van der Waals surface area contributed by atoms with E-state index in [1.807, 2.05) is 13.0 Å². The Morgan fingerprint density at radius 2 is 2.05 bits per heavy atom. The van der Waals surface area contributed by atoms with E-state index >= 15 is 0 Å². The van der Waals surface area contributed by atoms with Gasteiger partial charge in [0.15, 0.2) is 0 Å². The van der Waals surface area contributed by atoms with Gasteiger partial charge in [-0.3, -0.25) is 4.79 Å². The van der Waals surface area contributed by atoms with Crippen molar-refractivity contribution in [3.63, 3.8) is 0 Å². The molecule has 3 nitrogen and oxygen atoms in total. The third-order valence-corrected chi connectivity index (χ3v) is 3.56. The van der Waals surface area contributed by atoms with Crippen LogP contribution in [0.4, 0.5) is 10.1 Å². The Balaban J connectivity index is 2.25. The van der Waals surface area contributed by atoms with E-state index in [2.05, 4.69) is 21.2 Å². The van der Waals surface area contributed by atoms with Crippen LogP contribution in [0.1, 0.15) is 21.5 Å². The predicted molar refractivity (Wildman–Crippen MR) is 79.2 cm³/mol. The minimum atomic E-state index is -0.488. The molecule has 0 unspecified atom stereocenters. The standard InChI is InChI=1S/C15H13BrFNO2/c1-9-2-3-10(8-19)6-14(9)18-15(20)11-4-5-12(16)13(17)7-11/h2-7,19H,8H2,1H3,(H,18,20). The highest BCUT2D eigenvalue weighted by Gasteiger charge is 2.10. The van der Waals surface area contributed by atoms with Crippen LogP contribution in [0.5, 0.6) is 0 Å². The summed E-state index contributed by atoms with van der Waals surface area (Å²) in [6.45, 7) is 1.75. The van der Waals surface area contributed by atoms with Gasteiger partial charge >= 0.3 is 0 Å². The number of hydrogen-bond donors (Lipinski definition) is 2. The van der Waals surface area contributed by atoms with Gasteiger partial charge in [-0.05, 0) is 58.2 Å². The number of amides is 1. The smallest absolute Gasteiger partial charge is 0.255 e. The molecule has 104 valence electrons. The van der Waals surface area contributed by atoms with Gasteiger partial charge in [0.2, 0.25) is 0 Å². The van der Waals surface area contributed by atoms with Gasteiger partial charge in [-0.1, -0.05) is 12.1 Å². The fourth-order valence-electron chi connectivity index (χ4n) is 1.73. The molecule has 0 saturated heterocycles. The van der Waals surface area contributed by atoms with E-state index in [1.165, 1.54) is 18.2 Å². The SMILES string of the molecule is Cc1ccc(CO)cc1NC(=O)c1ccc(Br)c(F)c1. The fourth-order valence-corrected chi connectivity index (χ4v) is 1.98. The lowest BCUT2D eigenvalue weighted by atomic mass is 10.1. The number of aliphatic hydroxyl groups excluding tert-OH is 1.